The summed E-state index contributed by atoms with van der Waals surface area (Å²) in [5, 5.41) is 0.503. The number of para-hydroxylation sites is 1. The first-order valence-corrected chi connectivity index (χ1v) is 6.78. The second-order valence-electron chi connectivity index (χ2n) is 4.55. The first-order chi connectivity index (χ1) is 9.10. The Bertz CT molecular complexity index is 549. The lowest BCUT2D eigenvalue weighted by atomic mass is 10.2. The van der Waals surface area contributed by atoms with E-state index in [1.165, 1.54) is 11.3 Å². The molecule has 100 valence electrons. The van der Waals surface area contributed by atoms with Gasteiger partial charge in [0.05, 0.1) is 6.54 Å². The molecule has 4 heteroatoms. The van der Waals surface area contributed by atoms with Gasteiger partial charge in [-0.2, -0.15) is 0 Å². The smallest absolute Gasteiger partial charge is 0.149 e. The highest BCUT2D eigenvalue weighted by molar-refractivity contribution is 6.29. The largest absolute Gasteiger partial charge is 0.364 e. The van der Waals surface area contributed by atoms with Crippen LogP contribution in [0.4, 0.5) is 5.69 Å². The van der Waals surface area contributed by atoms with Crippen LogP contribution < -0.4 is 4.90 Å². The van der Waals surface area contributed by atoms with Crippen LogP contribution in [-0.2, 0) is 6.54 Å². The molecule has 1 aromatic carbocycles. The van der Waals surface area contributed by atoms with Crippen LogP contribution in [0.15, 0.2) is 30.3 Å². The molecule has 0 bridgehead atoms. The summed E-state index contributed by atoms with van der Waals surface area (Å²) < 4.78 is 0. The number of rotatable bonds is 4. The highest BCUT2D eigenvalue weighted by Crippen LogP contribution is 2.21. The molecule has 3 nitrogen and oxygen atoms in total. The van der Waals surface area contributed by atoms with Crippen LogP contribution in [-0.4, -0.2) is 16.5 Å². The molecule has 0 atom stereocenters. The van der Waals surface area contributed by atoms with Crippen LogP contribution in [0.2, 0.25) is 5.15 Å². The van der Waals surface area contributed by atoms with Crippen molar-refractivity contribution in [2.75, 3.05) is 11.4 Å². The molecular weight excluding hydrogens is 258 g/mol. The number of aryl methyl sites for hydroxylation is 2. The molecule has 2 aromatic rings. The summed E-state index contributed by atoms with van der Waals surface area (Å²) in [5.41, 5.74) is 3.37. The second kappa shape index (κ2) is 6.02. The number of benzene rings is 1. The van der Waals surface area contributed by atoms with E-state index < -0.39 is 0 Å². The Kier molecular flexibility index (Phi) is 4.38. The summed E-state index contributed by atoms with van der Waals surface area (Å²) in [6.07, 6.45) is 0. The number of halogens is 1. The summed E-state index contributed by atoms with van der Waals surface area (Å²) in [4.78, 5) is 11.0. The molecule has 19 heavy (non-hydrogen) atoms. The number of nitrogens with zero attached hydrogens (tertiary/aromatic N) is 3. The predicted molar refractivity (Wildman–Crippen MR) is 79.7 cm³/mol. The van der Waals surface area contributed by atoms with Crippen LogP contribution >= 0.6 is 11.6 Å². The van der Waals surface area contributed by atoms with Crippen molar-refractivity contribution >= 4 is 17.3 Å². The minimum Gasteiger partial charge on any atom is -0.364 e. The van der Waals surface area contributed by atoms with E-state index in [0.29, 0.717) is 11.7 Å². The number of hydrogen-bond donors (Lipinski definition) is 0. The Labute approximate surface area is 119 Å². The van der Waals surface area contributed by atoms with E-state index in [-0.39, 0.29) is 0 Å². The Hall–Kier alpha value is -1.61. The molecule has 1 aromatic heterocycles. The van der Waals surface area contributed by atoms with E-state index in [0.717, 1.165) is 18.1 Å². The molecule has 0 aliphatic heterocycles. The lowest BCUT2D eigenvalue weighted by Crippen LogP contribution is -2.24. The van der Waals surface area contributed by atoms with Crippen molar-refractivity contribution in [3.8, 4) is 0 Å². The number of hydrogen-bond acceptors (Lipinski definition) is 3. The van der Waals surface area contributed by atoms with Crippen molar-refractivity contribution in [1.82, 2.24) is 9.97 Å². The summed E-state index contributed by atoms with van der Waals surface area (Å²) >= 11 is 5.98. The molecule has 0 spiro atoms. The fraction of sp³-hybridized carbons (Fsp3) is 0.333. The van der Waals surface area contributed by atoms with Gasteiger partial charge in [-0.15, -0.1) is 0 Å². The van der Waals surface area contributed by atoms with Crippen molar-refractivity contribution in [3.05, 3.63) is 52.6 Å². The molecule has 0 aliphatic carbocycles. The fourth-order valence-electron chi connectivity index (χ4n) is 2.12. The standard InChI is InChI=1S/C15H18ClN3/c1-4-19(13-8-6-5-7-11(13)2)10-15-17-12(3)9-14(16)18-15/h5-9H,4,10H2,1-3H3. The van der Waals surface area contributed by atoms with Crippen molar-refractivity contribution < 1.29 is 0 Å². The van der Waals surface area contributed by atoms with Gasteiger partial charge < -0.3 is 4.90 Å². The monoisotopic (exact) mass is 275 g/mol. The van der Waals surface area contributed by atoms with Gasteiger partial charge in [0.25, 0.3) is 0 Å². The Morgan fingerprint density at radius 2 is 1.89 bits per heavy atom. The van der Waals surface area contributed by atoms with Gasteiger partial charge in [-0.25, -0.2) is 9.97 Å². The van der Waals surface area contributed by atoms with Gasteiger partial charge in [0.1, 0.15) is 11.0 Å². The van der Waals surface area contributed by atoms with Gasteiger partial charge in [-0.05, 0) is 38.5 Å². The zero-order chi connectivity index (χ0) is 13.8. The zero-order valence-corrected chi connectivity index (χ0v) is 12.3. The Balaban J connectivity index is 2.26. The first kappa shape index (κ1) is 13.8. The first-order valence-electron chi connectivity index (χ1n) is 6.40. The summed E-state index contributed by atoms with van der Waals surface area (Å²) in [7, 11) is 0. The van der Waals surface area contributed by atoms with Crippen molar-refractivity contribution in [2.24, 2.45) is 0 Å². The molecule has 0 unspecified atom stereocenters. The SMILES string of the molecule is CCN(Cc1nc(C)cc(Cl)n1)c1ccccc1C. The lowest BCUT2D eigenvalue weighted by Gasteiger charge is -2.24. The fourth-order valence-corrected chi connectivity index (χ4v) is 2.37. The second-order valence-corrected chi connectivity index (χ2v) is 4.94. The molecule has 0 amide bonds. The average molecular weight is 276 g/mol. The van der Waals surface area contributed by atoms with E-state index in [1.54, 1.807) is 6.07 Å². The van der Waals surface area contributed by atoms with Crippen molar-refractivity contribution in [2.45, 2.75) is 27.3 Å². The van der Waals surface area contributed by atoms with E-state index in [4.69, 9.17) is 11.6 Å². The number of aromatic nitrogens is 2. The van der Waals surface area contributed by atoms with Gasteiger partial charge in [-0.1, -0.05) is 29.8 Å². The van der Waals surface area contributed by atoms with Crippen LogP contribution in [0.25, 0.3) is 0 Å². The maximum atomic E-state index is 5.98. The van der Waals surface area contributed by atoms with E-state index in [2.05, 4.69) is 46.9 Å². The quantitative estimate of drug-likeness (QED) is 0.796. The summed E-state index contributed by atoms with van der Waals surface area (Å²) in [6.45, 7) is 7.75. The highest BCUT2D eigenvalue weighted by Gasteiger charge is 2.10. The minimum atomic E-state index is 0.503. The molecule has 0 aliphatic rings. The molecule has 0 fully saturated rings. The number of anilines is 1. The Morgan fingerprint density at radius 3 is 2.53 bits per heavy atom. The zero-order valence-electron chi connectivity index (χ0n) is 11.5. The van der Waals surface area contributed by atoms with Crippen molar-refractivity contribution in [1.29, 1.82) is 0 Å². The van der Waals surface area contributed by atoms with Crippen LogP contribution in [0, 0.1) is 13.8 Å². The van der Waals surface area contributed by atoms with E-state index in [9.17, 15) is 0 Å². The van der Waals surface area contributed by atoms with Gasteiger partial charge in [0.15, 0.2) is 0 Å². The van der Waals surface area contributed by atoms with Gasteiger partial charge >= 0.3 is 0 Å². The van der Waals surface area contributed by atoms with Gasteiger partial charge in [-0.3, -0.25) is 0 Å². The maximum Gasteiger partial charge on any atom is 0.149 e. The van der Waals surface area contributed by atoms with Crippen molar-refractivity contribution in [3.63, 3.8) is 0 Å². The summed E-state index contributed by atoms with van der Waals surface area (Å²) in [6, 6.07) is 10.1. The molecule has 0 saturated carbocycles. The van der Waals surface area contributed by atoms with E-state index in [1.807, 2.05) is 13.0 Å². The average Bonchev–Trinajstić information content (AvgIpc) is 2.36. The molecule has 0 N–H and O–H groups in total. The minimum absolute atomic E-state index is 0.503. The van der Waals surface area contributed by atoms with E-state index >= 15 is 0 Å². The normalized spacial score (nSPS) is 10.5. The third-order valence-electron chi connectivity index (χ3n) is 3.04. The molecule has 1 heterocycles. The van der Waals surface area contributed by atoms with Gasteiger partial charge in [0, 0.05) is 17.9 Å². The molecule has 2 rings (SSSR count). The molecule has 0 saturated heterocycles. The summed E-state index contributed by atoms with van der Waals surface area (Å²) in [5.74, 6) is 0.759. The van der Waals surface area contributed by atoms with Gasteiger partial charge in [0.2, 0.25) is 0 Å². The predicted octanol–water partition coefficient (Wildman–Crippen LogP) is 3.77. The highest BCUT2D eigenvalue weighted by atomic mass is 35.5. The van der Waals surface area contributed by atoms with Crippen LogP contribution in [0.3, 0.4) is 0 Å². The molecule has 0 radical (unpaired) electrons. The topological polar surface area (TPSA) is 29.0 Å². The van der Waals surface area contributed by atoms with Crippen LogP contribution in [0.5, 0.6) is 0 Å². The maximum absolute atomic E-state index is 5.98. The molecular formula is C15H18ClN3. The third kappa shape index (κ3) is 3.44. The van der Waals surface area contributed by atoms with Crippen LogP contribution in [0.1, 0.15) is 24.0 Å². The Morgan fingerprint density at radius 1 is 1.16 bits per heavy atom. The lowest BCUT2D eigenvalue weighted by molar-refractivity contribution is 0.772. The third-order valence-corrected chi connectivity index (χ3v) is 3.23.